The summed E-state index contributed by atoms with van der Waals surface area (Å²) in [7, 11) is -5.11. The molecule has 2 aromatic carbocycles. The number of halogens is 1. The Bertz CT molecular complexity index is 3520. The maximum atomic E-state index is 13.5. The minimum absolute atomic E-state index is 0. The minimum Gasteiger partial charge on any atom is -0.423 e. The van der Waals surface area contributed by atoms with Crippen molar-refractivity contribution in [3.8, 4) is 22.3 Å². The van der Waals surface area contributed by atoms with Gasteiger partial charge in [-0.25, -0.2) is 34.7 Å². The third kappa shape index (κ3) is 12.3. The predicted molar refractivity (Wildman–Crippen MR) is 289 cm³/mol. The van der Waals surface area contributed by atoms with E-state index in [9.17, 15) is 16.8 Å². The van der Waals surface area contributed by atoms with Crippen LogP contribution in [0.5, 0.6) is 0 Å². The van der Waals surface area contributed by atoms with Gasteiger partial charge in [0.05, 0.1) is 22.2 Å². The van der Waals surface area contributed by atoms with Crippen molar-refractivity contribution in [3.63, 3.8) is 0 Å². The van der Waals surface area contributed by atoms with Gasteiger partial charge in [0.2, 0.25) is 0 Å². The maximum Gasteiger partial charge on any atom is 0.483 e. The van der Waals surface area contributed by atoms with Gasteiger partial charge in [-0.15, -0.1) is 0 Å². The van der Waals surface area contributed by atoms with E-state index in [0.29, 0.717) is 34.0 Å². The molecular formula is C54H62BBrN8O6PdS2. The van der Waals surface area contributed by atoms with E-state index in [4.69, 9.17) is 10.0 Å². The Morgan fingerprint density at radius 1 is 0.603 bits per heavy atom. The van der Waals surface area contributed by atoms with Gasteiger partial charge in [-0.2, -0.15) is 10.2 Å². The van der Waals surface area contributed by atoms with Gasteiger partial charge in [0.25, 0.3) is 20.0 Å². The molecule has 0 saturated heterocycles. The molecule has 6 heterocycles. The first kappa shape index (κ1) is 55.5. The largest absolute Gasteiger partial charge is 0.483 e. The SMILES string of the molecule is CC(C)(C)C1CC=C(B(O)O)CC1.Cn1cc(-c2cn(S(=O)(=O)c3ccccc3)c3ncc(Br)cc23)cn1.Cn1cc(-c2cn(S(=O)(=O)c3ccccc3)c3ncc(C4=CCC(C(C)(C)C)CC4)cc23)cn1.[Pd]. The van der Waals surface area contributed by atoms with Crippen molar-refractivity contribution in [1.29, 1.82) is 0 Å². The zero-order valence-corrected chi connectivity index (χ0v) is 47.1. The second-order valence-electron chi connectivity index (χ2n) is 20.8. The van der Waals surface area contributed by atoms with Gasteiger partial charge >= 0.3 is 7.12 Å². The molecule has 2 aliphatic carbocycles. The molecule has 386 valence electrons. The van der Waals surface area contributed by atoms with Gasteiger partial charge in [-0.3, -0.25) is 9.36 Å². The van der Waals surface area contributed by atoms with E-state index >= 15 is 0 Å². The van der Waals surface area contributed by atoms with Crippen molar-refractivity contribution < 1.29 is 47.3 Å². The molecule has 0 aliphatic heterocycles. The number of aromatic nitrogens is 8. The van der Waals surface area contributed by atoms with Crippen LogP contribution in [0.2, 0.25) is 0 Å². The first-order chi connectivity index (χ1) is 34.0. The van der Waals surface area contributed by atoms with Crippen LogP contribution >= 0.6 is 15.9 Å². The third-order valence-corrected chi connectivity index (χ3v) is 17.6. The summed E-state index contributed by atoms with van der Waals surface area (Å²) in [6, 6.07) is 20.8. The minimum atomic E-state index is -3.79. The van der Waals surface area contributed by atoms with Crippen LogP contribution in [0.1, 0.15) is 85.6 Å². The molecule has 73 heavy (non-hydrogen) atoms. The molecule has 0 amide bonds. The van der Waals surface area contributed by atoms with Gasteiger partial charge in [-0.05, 0) is 130 Å². The molecule has 6 aromatic heterocycles. The Kier molecular flexibility index (Phi) is 17.0. The number of hydrogen-bond donors (Lipinski definition) is 2. The van der Waals surface area contributed by atoms with Crippen molar-refractivity contribution >= 4 is 70.7 Å². The number of allylic oxidation sites excluding steroid dienone is 4. The molecule has 0 radical (unpaired) electrons. The van der Waals surface area contributed by atoms with Crippen LogP contribution in [-0.2, 0) is 54.6 Å². The van der Waals surface area contributed by atoms with Crippen LogP contribution in [0.15, 0.2) is 154 Å². The van der Waals surface area contributed by atoms with Crippen molar-refractivity contribution in [2.75, 3.05) is 0 Å². The van der Waals surface area contributed by atoms with Crippen molar-refractivity contribution in [2.45, 2.75) is 89.9 Å². The summed E-state index contributed by atoms with van der Waals surface area (Å²) >= 11 is 3.41. The molecule has 0 fully saturated rings. The van der Waals surface area contributed by atoms with Gasteiger partial charge < -0.3 is 10.0 Å². The standard InChI is InChI=1S/C27H30N4O2S.C17H13BrN4O2S.C10H19BO2.Pd/c1-27(2,3)22-12-10-19(11-13-22)20-14-24-25(21-16-29-30(4)17-21)18-31(26(24)28-15-20)34(32,33)23-8-6-5-7-9-23;1-21-10-12(8-20-21)16-11-22(17-15(16)7-13(18)9-19-17)25(23,24)14-5-3-2-4-6-14;1-10(2,3)8-4-6-9(7-5-8)11(12)13;/h5-10,14-18,22H,11-13H2,1-4H3;2-11H,1H3;6,8,12-13H,4-5,7H2,1-3H3;. The second-order valence-corrected chi connectivity index (χ2v) is 25.3. The molecule has 19 heteroatoms. The molecule has 2 aliphatic rings. The van der Waals surface area contributed by atoms with Crippen molar-refractivity contribution in [3.05, 3.63) is 150 Å². The number of benzene rings is 2. The van der Waals surface area contributed by atoms with Gasteiger partial charge in [-0.1, -0.05) is 90.1 Å². The summed E-state index contributed by atoms with van der Waals surface area (Å²) in [6.07, 6.45) is 24.3. The fourth-order valence-electron chi connectivity index (χ4n) is 9.43. The molecule has 8 aromatic rings. The molecule has 10 rings (SSSR count). The molecule has 2 unspecified atom stereocenters. The summed E-state index contributed by atoms with van der Waals surface area (Å²) in [5.41, 5.74) is 7.82. The monoisotopic (exact) mass is 1180 g/mol. The zero-order valence-electron chi connectivity index (χ0n) is 42.3. The molecule has 2 atom stereocenters. The summed E-state index contributed by atoms with van der Waals surface area (Å²) in [6.45, 7) is 13.6. The number of hydrogen-bond acceptors (Lipinski definition) is 10. The average Bonchev–Trinajstić information content (AvgIpc) is 4.17. The summed E-state index contributed by atoms with van der Waals surface area (Å²) in [4.78, 5) is 9.47. The zero-order chi connectivity index (χ0) is 51.8. The summed E-state index contributed by atoms with van der Waals surface area (Å²) < 4.78 is 59.9. The third-order valence-electron chi connectivity index (χ3n) is 13.8. The van der Waals surface area contributed by atoms with E-state index in [-0.39, 0.29) is 30.2 Å². The number of fused-ring (bicyclic) bond motifs is 2. The Morgan fingerprint density at radius 3 is 1.45 bits per heavy atom. The van der Waals surface area contributed by atoms with Crippen molar-refractivity contribution in [1.82, 2.24) is 37.5 Å². The Hall–Kier alpha value is -5.25. The molecule has 0 spiro atoms. The fraction of sp³-hybridized carbons (Fsp3) is 0.333. The van der Waals surface area contributed by atoms with Gasteiger partial charge in [0, 0.05) is 109 Å². The second kappa shape index (κ2) is 22.3. The number of pyridine rings is 2. The van der Waals surface area contributed by atoms with E-state index in [1.165, 1.54) is 13.5 Å². The number of nitrogens with zero attached hydrogens (tertiary/aromatic N) is 8. The maximum absolute atomic E-state index is 13.5. The molecular weight excluding hydrogens is 1120 g/mol. The van der Waals surface area contributed by atoms with Crippen LogP contribution in [0, 0.1) is 22.7 Å². The van der Waals surface area contributed by atoms with E-state index in [1.807, 2.05) is 44.8 Å². The normalized spacial score (nSPS) is 16.4. The fourth-order valence-corrected chi connectivity index (χ4v) is 12.4. The van der Waals surface area contributed by atoms with Crippen LogP contribution < -0.4 is 0 Å². The van der Waals surface area contributed by atoms with Gasteiger partial charge in [0.1, 0.15) is 0 Å². The molecule has 14 nitrogen and oxygen atoms in total. The van der Waals surface area contributed by atoms with E-state index < -0.39 is 27.2 Å². The van der Waals surface area contributed by atoms with E-state index in [1.54, 1.807) is 101 Å². The number of rotatable bonds is 8. The Balaban J connectivity index is 0.000000175. The molecule has 0 saturated carbocycles. The first-order valence-corrected chi connectivity index (χ1v) is 27.7. The summed E-state index contributed by atoms with van der Waals surface area (Å²) in [5.74, 6) is 1.34. The molecule has 2 N–H and O–H groups in total. The molecule has 0 bridgehead atoms. The summed E-state index contributed by atoms with van der Waals surface area (Å²) in [5, 5.41) is 27.9. The van der Waals surface area contributed by atoms with Crippen LogP contribution in [0.3, 0.4) is 0 Å². The van der Waals surface area contributed by atoms with Crippen LogP contribution in [0.25, 0.3) is 49.9 Å². The van der Waals surface area contributed by atoms with Crippen LogP contribution in [0.4, 0.5) is 0 Å². The van der Waals surface area contributed by atoms with E-state index in [0.717, 1.165) is 87.1 Å². The average molecular weight is 1180 g/mol. The number of aryl methyl sites for hydroxylation is 2. The Labute approximate surface area is 451 Å². The van der Waals surface area contributed by atoms with Crippen molar-refractivity contribution in [2.24, 2.45) is 36.8 Å². The van der Waals surface area contributed by atoms with Crippen LogP contribution in [-0.4, -0.2) is 71.5 Å². The quantitative estimate of drug-likeness (QED) is 0.139. The smallest absolute Gasteiger partial charge is 0.423 e. The van der Waals surface area contributed by atoms with E-state index in [2.05, 4.69) is 89.8 Å². The predicted octanol–water partition coefficient (Wildman–Crippen LogP) is 11.1. The topological polar surface area (TPSA) is 180 Å². The van der Waals surface area contributed by atoms with Gasteiger partial charge in [0.15, 0.2) is 11.3 Å². The first-order valence-electron chi connectivity index (χ1n) is 24.0. The Morgan fingerprint density at radius 2 is 1.05 bits per heavy atom.